The van der Waals surface area contributed by atoms with Crippen LogP contribution in [0.15, 0.2) is 0 Å². The summed E-state index contributed by atoms with van der Waals surface area (Å²) >= 11 is -0.470. The molecule has 88 heavy (non-hydrogen) atoms. The molecule has 6 atom stereocenters. The van der Waals surface area contributed by atoms with Crippen molar-refractivity contribution < 1.29 is 129 Å². The molecule has 508 valence electrons. The summed E-state index contributed by atoms with van der Waals surface area (Å²) in [6.07, 6.45) is 12.4. The second-order valence-electron chi connectivity index (χ2n) is 20.8. The molecule has 0 unspecified atom stereocenters. The minimum absolute atomic E-state index is 0.0540. The fourth-order valence-corrected chi connectivity index (χ4v) is 9.88. The molecular formula is C57H100IN8O22-. The van der Waals surface area contributed by atoms with Crippen molar-refractivity contribution in [3.05, 3.63) is 0 Å². The van der Waals surface area contributed by atoms with Crippen LogP contribution in [0.5, 0.6) is 0 Å². The molecule has 0 bridgehead atoms. The SMILES string of the molecule is CC[I-]N[C@@H](CCCCNC(=O)COCCOCCNC(=O)COCCOCCNC(=O)CC[C@H](NC(=O)CC[C@H](NC(=O)CC[C@H](NC(=O)CCCCCCCCCCCCCCCCC(=O)O)C(=O)O)C(=O)O)C(=O)O)C(=O)N[C@H](C(=O)O)[C@@H](C)O. The van der Waals surface area contributed by atoms with Crippen molar-refractivity contribution >= 4 is 71.2 Å². The molecule has 30 nitrogen and oxygen atoms in total. The van der Waals surface area contributed by atoms with E-state index in [0.29, 0.717) is 32.2 Å². The number of aliphatic carboxylic acids is 5. The first kappa shape index (κ1) is 82.1. The van der Waals surface area contributed by atoms with Gasteiger partial charge >= 0.3 is 189 Å². The van der Waals surface area contributed by atoms with E-state index in [9.17, 15) is 83.1 Å². The van der Waals surface area contributed by atoms with Crippen LogP contribution in [0.25, 0.3) is 0 Å². The minimum atomic E-state index is -1.58. The summed E-state index contributed by atoms with van der Waals surface area (Å²) in [6.45, 7) is 4.06. The van der Waals surface area contributed by atoms with Gasteiger partial charge in [0.2, 0.25) is 29.5 Å². The summed E-state index contributed by atoms with van der Waals surface area (Å²) in [7, 11) is 0. The van der Waals surface area contributed by atoms with Crippen molar-refractivity contribution in [3.63, 3.8) is 0 Å². The molecule has 0 fully saturated rings. The zero-order valence-electron chi connectivity index (χ0n) is 51.2. The van der Waals surface area contributed by atoms with E-state index in [1.54, 1.807) is 0 Å². The van der Waals surface area contributed by atoms with E-state index in [-0.39, 0.29) is 104 Å². The molecule has 0 aromatic carbocycles. The third kappa shape index (κ3) is 48.1. The average molecular weight is 1380 g/mol. The molecule has 31 heteroatoms. The zero-order chi connectivity index (χ0) is 65.7. The number of carbonyl (C=O) groups is 12. The van der Waals surface area contributed by atoms with Crippen LogP contribution in [0.3, 0.4) is 0 Å². The Balaban J connectivity index is 4.17. The molecule has 0 saturated heterocycles. The van der Waals surface area contributed by atoms with Crippen molar-refractivity contribution in [3.8, 4) is 0 Å². The van der Waals surface area contributed by atoms with E-state index in [2.05, 4.69) is 40.7 Å². The summed E-state index contributed by atoms with van der Waals surface area (Å²) in [5.74, 6) is -10.4. The topological polar surface area (TPSA) is 459 Å². The van der Waals surface area contributed by atoms with Gasteiger partial charge in [0.05, 0.1) is 26.4 Å². The van der Waals surface area contributed by atoms with Gasteiger partial charge in [0.1, 0.15) is 24.7 Å². The first-order valence-electron chi connectivity index (χ1n) is 30.5. The van der Waals surface area contributed by atoms with E-state index >= 15 is 0 Å². The molecule has 0 radical (unpaired) electrons. The van der Waals surface area contributed by atoms with Crippen LogP contribution >= 0.6 is 0 Å². The third-order valence-electron chi connectivity index (χ3n) is 13.2. The predicted molar refractivity (Wildman–Crippen MR) is 313 cm³/mol. The molecule has 0 aliphatic carbocycles. The normalized spacial score (nSPS) is 13.2. The number of hydrogen-bond acceptors (Lipinski definition) is 18. The summed E-state index contributed by atoms with van der Waals surface area (Å²) < 4.78 is 25.4. The summed E-state index contributed by atoms with van der Waals surface area (Å²) in [5.41, 5.74) is 0. The quantitative estimate of drug-likeness (QED) is 0.0134. The van der Waals surface area contributed by atoms with Gasteiger partial charge in [-0.25, -0.2) is 14.4 Å². The van der Waals surface area contributed by atoms with E-state index in [1.165, 1.54) is 19.8 Å². The number of carboxylic acid groups (broad SMARTS) is 5. The summed E-state index contributed by atoms with van der Waals surface area (Å²) in [5, 5.41) is 73.7. The Morgan fingerprint density at radius 2 is 0.750 bits per heavy atom. The fraction of sp³-hybridized carbons (Fsp3) is 0.789. The number of rotatable bonds is 60. The van der Waals surface area contributed by atoms with Crippen molar-refractivity contribution in [2.24, 2.45) is 0 Å². The fourth-order valence-electron chi connectivity index (χ4n) is 8.32. The average Bonchev–Trinajstić information content (AvgIpc) is 3.62. The number of carboxylic acids is 5. The predicted octanol–water partition coefficient (Wildman–Crippen LogP) is -2.12. The molecular weight excluding hydrogens is 1280 g/mol. The van der Waals surface area contributed by atoms with Gasteiger partial charge in [-0.3, -0.25) is 28.8 Å². The monoisotopic (exact) mass is 1380 g/mol. The Bertz CT molecular complexity index is 2060. The van der Waals surface area contributed by atoms with Crippen LogP contribution in [0, 0.1) is 0 Å². The van der Waals surface area contributed by atoms with Crippen LogP contribution in [0.1, 0.15) is 174 Å². The number of carbonyl (C=O) groups excluding carboxylic acids is 7. The van der Waals surface area contributed by atoms with Gasteiger partial charge in [-0.2, -0.15) is 0 Å². The molecule has 14 N–H and O–H groups in total. The van der Waals surface area contributed by atoms with E-state index in [4.69, 9.17) is 24.1 Å². The number of aliphatic hydroxyl groups is 1. The van der Waals surface area contributed by atoms with Gasteiger partial charge in [0, 0.05) is 45.2 Å². The van der Waals surface area contributed by atoms with Crippen molar-refractivity contribution in [1.82, 2.24) is 40.7 Å². The van der Waals surface area contributed by atoms with E-state index in [1.807, 2.05) is 6.92 Å². The molecule has 0 aromatic heterocycles. The van der Waals surface area contributed by atoms with Crippen molar-refractivity contribution in [1.29, 1.82) is 0 Å². The maximum absolute atomic E-state index is 12.6. The van der Waals surface area contributed by atoms with Crippen molar-refractivity contribution in [2.45, 2.75) is 211 Å². The Morgan fingerprint density at radius 1 is 0.375 bits per heavy atom. The second kappa shape index (κ2) is 54.1. The van der Waals surface area contributed by atoms with Gasteiger partial charge in [-0.05, 0) is 32.1 Å². The number of ether oxygens (including phenoxy) is 4. The Hall–Kier alpha value is -5.87. The number of amides is 7. The molecule has 0 rings (SSSR count). The molecule has 0 saturated carbocycles. The van der Waals surface area contributed by atoms with Gasteiger partial charge in [0.25, 0.3) is 0 Å². The Kier molecular flexibility index (Phi) is 50.5. The first-order chi connectivity index (χ1) is 42.1. The van der Waals surface area contributed by atoms with Crippen molar-refractivity contribution in [2.75, 3.05) is 76.9 Å². The molecule has 0 aliphatic rings. The molecule has 7 amide bonds. The van der Waals surface area contributed by atoms with Crippen LogP contribution in [-0.4, -0.2) is 215 Å². The second-order valence-corrected chi connectivity index (χ2v) is 23.7. The molecule has 0 spiro atoms. The van der Waals surface area contributed by atoms with Gasteiger partial charge in [-0.1, -0.05) is 77.0 Å². The van der Waals surface area contributed by atoms with Crippen LogP contribution < -0.4 is 62.2 Å². The van der Waals surface area contributed by atoms with Gasteiger partial charge in [-0.15, -0.1) is 0 Å². The van der Waals surface area contributed by atoms with Gasteiger partial charge in [0.15, 0.2) is 0 Å². The maximum atomic E-state index is 12.6. The number of hydrogen-bond donors (Lipinski definition) is 14. The van der Waals surface area contributed by atoms with E-state index in [0.717, 1.165) is 75.1 Å². The van der Waals surface area contributed by atoms with Crippen LogP contribution in [0.2, 0.25) is 0 Å². The number of unbranched alkanes of at least 4 members (excludes halogenated alkanes) is 14. The number of nitrogens with one attached hydrogen (secondary N) is 8. The Labute approximate surface area is 525 Å². The first-order valence-corrected chi connectivity index (χ1v) is 33.1. The summed E-state index contributed by atoms with van der Waals surface area (Å²) in [4.78, 5) is 144. The molecule has 0 aliphatic heterocycles. The van der Waals surface area contributed by atoms with Gasteiger partial charge < -0.3 is 61.2 Å². The van der Waals surface area contributed by atoms with Crippen LogP contribution in [-0.2, 0) is 76.5 Å². The zero-order valence-corrected chi connectivity index (χ0v) is 53.4. The number of alkyl halides is 1. The summed E-state index contributed by atoms with van der Waals surface area (Å²) in [6, 6.07) is -6.51. The molecule has 0 heterocycles. The number of aliphatic hydroxyl groups excluding tert-OH is 1. The molecule has 0 aromatic rings. The van der Waals surface area contributed by atoms with Crippen LogP contribution in [0.4, 0.5) is 0 Å². The third-order valence-corrected chi connectivity index (χ3v) is 15.2. The standard InChI is InChI=1S/C57H100IN8O22/c1-3-58-66-41(53(76)65-52(40(2)67)57(83)84)20-18-19-29-59-49(72)38-87-36-35-86-33-31-61-50(73)39-88-37-34-85-32-30-60-45(68)26-23-42(54(77)78)63-47(70)28-25-44(56(81)82)64-48(71)27-24-43(55(79)80)62-46(69)21-16-14-12-10-8-6-4-5-7-9-11-13-15-17-22-51(74)75/h40-44,52,66-67H,3-39H2,1-2H3,(H,59,72)(H,60,68)(H,61,73)(H,62,69)(H,63,70)(H,64,71)(H,65,76)(H,74,75)(H,77,78)(H,79,80)(H,81,82)(H,83,84)/q-1/t40-,41+,42+,43+,44+,52+/m1/s1. The number of halogens is 1. The van der Waals surface area contributed by atoms with E-state index < -0.39 is 142 Å². The Morgan fingerprint density at radius 3 is 1.15 bits per heavy atom.